The quantitative estimate of drug-likeness (QED) is 0.0217. The number of hydrogen-bond donors (Lipinski definition) is 5. The van der Waals surface area contributed by atoms with Gasteiger partial charge in [-0.25, -0.2) is 9.13 Å². The van der Waals surface area contributed by atoms with Crippen molar-refractivity contribution in [3.8, 4) is 0 Å². The van der Waals surface area contributed by atoms with Gasteiger partial charge in [-0.1, -0.05) is 206 Å². The van der Waals surface area contributed by atoms with Gasteiger partial charge in [-0.15, -0.1) is 0 Å². The van der Waals surface area contributed by atoms with Crippen molar-refractivity contribution in [2.24, 2.45) is 0 Å². The van der Waals surface area contributed by atoms with Crippen LogP contribution in [-0.4, -0.2) is 95.0 Å². The van der Waals surface area contributed by atoms with Gasteiger partial charge in [-0.05, 0) is 12.8 Å². The summed E-state index contributed by atoms with van der Waals surface area (Å²) in [6.07, 6.45) is 35.3. The first kappa shape index (κ1) is 63.0. The molecule has 0 saturated heterocycles. The lowest BCUT2D eigenvalue weighted by Gasteiger charge is -2.19. The van der Waals surface area contributed by atoms with E-state index in [1.54, 1.807) is 0 Å². The van der Waals surface area contributed by atoms with Gasteiger partial charge in [-0.2, -0.15) is 0 Å². The number of esters is 2. The van der Waals surface area contributed by atoms with Crippen LogP contribution >= 0.6 is 15.6 Å². The Morgan fingerprint density at radius 1 is 0.344 bits per heavy atom. The average molecular weight is 961 g/mol. The summed E-state index contributed by atoms with van der Waals surface area (Å²) < 4.78 is 53.0. The molecule has 0 aliphatic carbocycles. The summed E-state index contributed by atoms with van der Waals surface area (Å²) in [4.78, 5) is 43.7. The highest BCUT2D eigenvalue weighted by molar-refractivity contribution is 7.47. The third-order valence-corrected chi connectivity index (χ3v) is 13.0. The fraction of sp³-hybridized carbons (Fsp3) is 0.957. The largest absolute Gasteiger partial charge is 0.472 e. The van der Waals surface area contributed by atoms with E-state index in [2.05, 4.69) is 27.4 Å². The highest BCUT2D eigenvalue weighted by Gasteiger charge is 2.28. The molecule has 382 valence electrons. The van der Waals surface area contributed by atoms with E-state index >= 15 is 0 Å². The summed E-state index contributed by atoms with van der Waals surface area (Å²) in [6, 6.07) is 0. The molecule has 17 heteroatoms. The number of aliphatic hydroxyl groups excluding tert-OH is 3. The number of carbonyl (C=O) groups is 2. The minimum Gasteiger partial charge on any atom is -0.463 e. The van der Waals surface area contributed by atoms with Gasteiger partial charge in [0.1, 0.15) is 31.5 Å². The Balaban J connectivity index is 3.80. The molecule has 0 saturated carbocycles. The molecule has 5 N–H and O–H groups in total. The van der Waals surface area contributed by atoms with Gasteiger partial charge in [0.2, 0.25) is 0 Å². The monoisotopic (exact) mass is 961 g/mol. The molecule has 15 nitrogen and oxygen atoms in total. The molecule has 0 aromatic carbocycles. The fourth-order valence-electron chi connectivity index (χ4n) is 7.10. The summed E-state index contributed by atoms with van der Waals surface area (Å²) in [6.45, 7) is 0.463. The number of carbonyl (C=O) groups excluding carboxylic acids is 2. The SMILES string of the molecule is CCCCCCCCCCCCCCCCCCCCCCCC(=O)OCC(O)COP(=O)(O)OCC(O)COP(=O)(O)OCC(O)COC(=O)CCCCCCCCCCCCC. The van der Waals surface area contributed by atoms with Crippen molar-refractivity contribution in [1.82, 2.24) is 0 Å². The summed E-state index contributed by atoms with van der Waals surface area (Å²) >= 11 is 0. The van der Waals surface area contributed by atoms with Crippen LogP contribution in [0, 0.1) is 0 Å². The van der Waals surface area contributed by atoms with Gasteiger partial charge in [0.25, 0.3) is 0 Å². The van der Waals surface area contributed by atoms with Crippen molar-refractivity contribution in [3.63, 3.8) is 0 Å². The minimum absolute atomic E-state index is 0.202. The molecule has 0 spiro atoms. The van der Waals surface area contributed by atoms with E-state index in [4.69, 9.17) is 14.0 Å². The average Bonchev–Trinajstić information content (AvgIpc) is 3.27. The lowest BCUT2D eigenvalue weighted by molar-refractivity contribution is -0.148. The maximum absolute atomic E-state index is 12.2. The van der Waals surface area contributed by atoms with Gasteiger partial charge in [0.05, 0.1) is 26.4 Å². The predicted octanol–water partition coefficient (Wildman–Crippen LogP) is 11.7. The standard InChI is InChI=1S/C47H94O15P2/c1-3-5-7-9-11-13-15-16-17-18-19-20-21-22-23-24-26-28-30-32-34-36-47(52)58-38-44(49)40-60-64(55,56)62-42-45(50)41-61-63(53,54)59-39-43(48)37-57-46(51)35-33-31-29-27-25-14-12-10-8-6-4-2/h43-45,48-50H,3-42H2,1-2H3,(H,53,54)(H,55,56). The Kier molecular flexibility index (Phi) is 43.9. The van der Waals surface area contributed by atoms with Crippen LogP contribution in [0.5, 0.6) is 0 Å². The van der Waals surface area contributed by atoms with Crippen LogP contribution in [0.15, 0.2) is 0 Å². The third-order valence-electron chi connectivity index (χ3n) is 11.1. The molecular formula is C47H94O15P2. The second kappa shape index (κ2) is 44.5. The lowest BCUT2D eigenvalue weighted by atomic mass is 10.0. The van der Waals surface area contributed by atoms with Crippen molar-refractivity contribution in [1.29, 1.82) is 0 Å². The van der Waals surface area contributed by atoms with E-state index in [9.17, 15) is 43.8 Å². The molecular weight excluding hydrogens is 866 g/mol. The molecule has 5 unspecified atom stereocenters. The first-order valence-electron chi connectivity index (χ1n) is 25.4. The molecule has 0 aromatic heterocycles. The summed E-state index contributed by atoms with van der Waals surface area (Å²) in [5.74, 6) is -0.984. The molecule has 0 aliphatic heterocycles. The Bertz CT molecular complexity index is 1160. The van der Waals surface area contributed by atoms with Crippen LogP contribution in [0.1, 0.15) is 232 Å². The van der Waals surface area contributed by atoms with E-state index < -0.39 is 85.5 Å². The Morgan fingerprint density at radius 2 is 0.531 bits per heavy atom. The van der Waals surface area contributed by atoms with Gasteiger partial charge >= 0.3 is 27.6 Å². The van der Waals surface area contributed by atoms with E-state index in [0.717, 1.165) is 38.5 Å². The van der Waals surface area contributed by atoms with Gasteiger partial charge in [0, 0.05) is 12.8 Å². The van der Waals surface area contributed by atoms with Crippen molar-refractivity contribution in [2.75, 3.05) is 39.6 Å². The maximum Gasteiger partial charge on any atom is 0.472 e. The number of phosphoric acid groups is 2. The second-order valence-corrected chi connectivity index (χ2v) is 20.5. The third kappa shape index (κ3) is 46.2. The van der Waals surface area contributed by atoms with Gasteiger partial charge in [0.15, 0.2) is 0 Å². The number of aliphatic hydroxyl groups is 3. The van der Waals surface area contributed by atoms with Crippen LogP contribution in [-0.2, 0) is 46.3 Å². The number of hydrogen-bond acceptors (Lipinski definition) is 13. The lowest BCUT2D eigenvalue weighted by Crippen LogP contribution is -2.25. The molecule has 0 aromatic rings. The first-order chi connectivity index (χ1) is 30.8. The van der Waals surface area contributed by atoms with Gasteiger partial charge < -0.3 is 34.6 Å². The molecule has 0 heterocycles. The minimum atomic E-state index is -4.78. The number of ether oxygens (including phenoxy) is 2. The molecule has 0 bridgehead atoms. The van der Waals surface area contributed by atoms with E-state index in [0.29, 0.717) is 12.8 Å². The Hall–Kier alpha value is -0.960. The molecule has 64 heavy (non-hydrogen) atoms. The van der Waals surface area contributed by atoms with E-state index in [-0.39, 0.29) is 12.8 Å². The van der Waals surface area contributed by atoms with Crippen molar-refractivity contribution >= 4 is 27.6 Å². The summed E-state index contributed by atoms with van der Waals surface area (Å²) in [7, 11) is -9.55. The summed E-state index contributed by atoms with van der Waals surface area (Å²) in [5, 5.41) is 30.0. The number of rotatable bonds is 50. The zero-order valence-corrected chi connectivity index (χ0v) is 42.0. The van der Waals surface area contributed by atoms with E-state index in [1.165, 1.54) is 154 Å². The highest BCUT2D eigenvalue weighted by atomic mass is 31.2. The molecule has 0 aliphatic rings. The van der Waals surface area contributed by atoms with E-state index in [1.807, 2.05) is 0 Å². The molecule has 0 rings (SSSR count). The maximum atomic E-state index is 12.2. The van der Waals surface area contributed by atoms with Crippen molar-refractivity contribution in [2.45, 2.75) is 250 Å². The second-order valence-electron chi connectivity index (χ2n) is 17.6. The number of unbranched alkanes of at least 4 members (excludes halogenated alkanes) is 30. The zero-order chi connectivity index (χ0) is 47.4. The van der Waals surface area contributed by atoms with Crippen LogP contribution < -0.4 is 0 Å². The first-order valence-corrected chi connectivity index (χ1v) is 28.4. The highest BCUT2D eigenvalue weighted by Crippen LogP contribution is 2.45. The topological polar surface area (TPSA) is 225 Å². The van der Waals surface area contributed by atoms with Crippen LogP contribution in [0.4, 0.5) is 0 Å². The van der Waals surface area contributed by atoms with Crippen LogP contribution in [0.2, 0.25) is 0 Å². The Labute approximate surface area is 388 Å². The van der Waals surface area contributed by atoms with Crippen molar-refractivity contribution in [3.05, 3.63) is 0 Å². The number of phosphoric ester groups is 2. The summed E-state index contributed by atoms with van der Waals surface area (Å²) in [5.41, 5.74) is 0. The van der Waals surface area contributed by atoms with Crippen molar-refractivity contribution < 1.29 is 71.4 Å². The van der Waals surface area contributed by atoms with Crippen LogP contribution in [0.25, 0.3) is 0 Å². The Morgan fingerprint density at radius 3 is 0.750 bits per heavy atom. The predicted molar refractivity (Wildman–Crippen MR) is 252 cm³/mol. The fourth-order valence-corrected chi connectivity index (χ4v) is 8.69. The molecule has 5 atom stereocenters. The molecule has 0 amide bonds. The zero-order valence-electron chi connectivity index (χ0n) is 40.2. The van der Waals surface area contributed by atoms with Crippen LogP contribution in [0.3, 0.4) is 0 Å². The molecule has 0 radical (unpaired) electrons. The smallest absolute Gasteiger partial charge is 0.463 e. The molecule has 0 fully saturated rings. The normalized spacial score (nSPS) is 15.0. The van der Waals surface area contributed by atoms with Gasteiger partial charge in [-0.3, -0.25) is 27.7 Å².